The minimum absolute atomic E-state index is 0.255. The predicted octanol–water partition coefficient (Wildman–Crippen LogP) is 3.85. The van der Waals surface area contributed by atoms with Gasteiger partial charge in [-0.2, -0.15) is 4.31 Å². The van der Waals surface area contributed by atoms with Gasteiger partial charge in [0.15, 0.2) is 0 Å². The van der Waals surface area contributed by atoms with Crippen molar-refractivity contribution in [1.82, 2.24) is 14.9 Å². The molecule has 2 rings (SSSR count). The van der Waals surface area contributed by atoms with E-state index in [1.54, 1.807) is 24.3 Å². The number of hydrogen-bond acceptors (Lipinski definition) is 4. The zero-order valence-corrected chi connectivity index (χ0v) is 19.5. The maximum atomic E-state index is 12.6. The van der Waals surface area contributed by atoms with Crippen molar-refractivity contribution in [3.8, 4) is 5.75 Å². The maximum absolute atomic E-state index is 12.6. The molecule has 31 heavy (non-hydrogen) atoms. The van der Waals surface area contributed by atoms with Crippen molar-refractivity contribution in [3.63, 3.8) is 0 Å². The lowest BCUT2D eigenvalue weighted by atomic mass is 10.1. The number of amides is 2. The van der Waals surface area contributed by atoms with Gasteiger partial charge in [0.1, 0.15) is 5.75 Å². The van der Waals surface area contributed by atoms with Gasteiger partial charge in [-0.05, 0) is 55.7 Å². The lowest BCUT2D eigenvalue weighted by molar-refractivity contribution is 0.236. The Labute approximate surface area is 185 Å². The predicted molar refractivity (Wildman–Crippen MR) is 123 cm³/mol. The lowest BCUT2D eigenvalue weighted by Gasteiger charge is -2.19. The third kappa shape index (κ3) is 7.25. The van der Waals surface area contributed by atoms with Gasteiger partial charge in [0.2, 0.25) is 10.0 Å². The molecule has 8 heteroatoms. The van der Waals surface area contributed by atoms with Gasteiger partial charge in [0.25, 0.3) is 0 Å². The molecular formula is C23H33N3O4S. The number of sulfonamides is 1. The molecule has 0 aliphatic carbocycles. The summed E-state index contributed by atoms with van der Waals surface area (Å²) in [6, 6.07) is 13.9. The molecule has 0 spiro atoms. The van der Waals surface area contributed by atoms with Crippen LogP contribution in [0.25, 0.3) is 0 Å². The second kappa shape index (κ2) is 11.7. The first kappa shape index (κ1) is 24.7. The van der Waals surface area contributed by atoms with Gasteiger partial charge in [-0.1, -0.05) is 38.1 Å². The molecular weight excluding hydrogens is 414 g/mol. The summed E-state index contributed by atoms with van der Waals surface area (Å²) >= 11 is 0. The normalized spacial score (nSPS) is 12.4. The molecule has 0 aliphatic heterocycles. The number of hydrogen-bond donors (Lipinski definition) is 2. The van der Waals surface area contributed by atoms with Gasteiger partial charge >= 0.3 is 6.03 Å². The Bertz CT molecular complexity index is 942. The molecule has 0 fully saturated rings. The van der Waals surface area contributed by atoms with E-state index in [2.05, 4.69) is 10.6 Å². The standard InChI is InChI=1S/C23H33N3O4S/c1-5-26(6-2)31(28,29)22-13-11-20(12-14-22)19(4)25-23(27)24-15-8-16-30-21-10-7-9-18(3)17-21/h7,9-14,17,19H,5-6,8,15-16H2,1-4H3,(H2,24,25,27). The molecule has 2 aromatic carbocycles. The first-order chi connectivity index (χ1) is 14.8. The summed E-state index contributed by atoms with van der Waals surface area (Å²) in [5, 5.41) is 5.68. The Morgan fingerprint density at radius 2 is 1.77 bits per heavy atom. The van der Waals surface area contributed by atoms with Gasteiger partial charge < -0.3 is 15.4 Å². The monoisotopic (exact) mass is 447 g/mol. The fourth-order valence-corrected chi connectivity index (χ4v) is 4.60. The highest BCUT2D eigenvalue weighted by atomic mass is 32.2. The number of nitrogens with one attached hydrogen (secondary N) is 2. The molecule has 0 aliphatic rings. The summed E-state index contributed by atoms with van der Waals surface area (Å²) in [6.45, 7) is 9.35. The van der Waals surface area contributed by atoms with E-state index >= 15 is 0 Å². The molecule has 7 nitrogen and oxygen atoms in total. The highest BCUT2D eigenvalue weighted by Crippen LogP contribution is 2.19. The zero-order chi connectivity index (χ0) is 22.9. The van der Waals surface area contributed by atoms with Crippen molar-refractivity contribution in [1.29, 1.82) is 0 Å². The lowest BCUT2D eigenvalue weighted by Crippen LogP contribution is -2.37. The van der Waals surface area contributed by atoms with Gasteiger partial charge in [-0.15, -0.1) is 0 Å². The molecule has 0 saturated heterocycles. The van der Waals surface area contributed by atoms with Crippen molar-refractivity contribution in [2.45, 2.75) is 45.1 Å². The number of urea groups is 1. The zero-order valence-electron chi connectivity index (χ0n) is 18.7. The summed E-state index contributed by atoms with van der Waals surface area (Å²) in [6.07, 6.45) is 0.688. The molecule has 0 bridgehead atoms. The Morgan fingerprint density at radius 3 is 2.39 bits per heavy atom. The summed E-state index contributed by atoms with van der Waals surface area (Å²) in [5.41, 5.74) is 1.97. The van der Waals surface area contributed by atoms with Crippen molar-refractivity contribution < 1.29 is 17.9 Å². The second-order valence-electron chi connectivity index (χ2n) is 7.30. The van der Waals surface area contributed by atoms with Crippen LogP contribution in [-0.4, -0.2) is 45.0 Å². The Hall–Kier alpha value is -2.58. The van der Waals surface area contributed by atoms with E-state index in [9.17, 15) is 13.2 Å². The summed E-state index contributed by atoms with van der Waals surface area (Å²) < 4.78 is 32.2. The molecule has 2 aromatic rings. The van der Waals surface area contributed by atoms with Gasteiger partial charge in [0, 0.05) is 19.6 Å². The van der Waals surface area contributed by atoms with Crippen LogP contribution in [0.15, 0.2) is 53.4 Å². The number of ether oxygens (including phenoxy) is 1. The van der Waals surface area contributed by atoms with Crippen molar-refractivity contribution in [2.24, 2.45) is 0 Å². The smallest absolute Gasteiger partial charge is 0.315 e. The van der Waals surface area contributed by atoms with Gasteiger partial charge in [-0.25, -0.2) is 13.2 Å². The molecule has 170 valence electrons. The Balaban J connectivity index is 1.78. The third-order valence-corrected chi connectivity index (χ3v) is 7.00. The number of nitrogens with zero attached hydrogens (tertiary/aromatic N) is 1. The minimum Gasteiger partial charge on any atom is -0.494 e. The van der Waals surface area contributed by atoms with Crippen LogP contribution >= 0.6 is 0 Å². The number of carbonyl (C=O) groups excluding carboxylic acids is 1. The van der Waals surface area contributed by atoms with E-state index in [1.165, 1.54) is 4.31 Å². The third-order valence-electron chi connectivity index (χ3n) is 4.94. The van der Waals surface area contributed by atoms with Crippen LogP contribution in [0.2, 0.25) is 0 Å². The first-order valence-electron chi connectivity index (χ1n) is 10.6. The largest absolute Gasteiger partial charge is 0.494 e. The molecule has 1 unspecified atom stereocenters. The fourth-order valence-electron chi connectivity index (χ4n) is 3.14. The Morgan fingerprint density at radius 1 is 1.10 bits per heavy atom. The van der Waals surface area contributed by atoms with E-state index in [4.69, 9.17) is 4.74 Å². The summed E-state index contributed by atoms with van der Waals surface area (Å²) in [5.74, 6) is 0.824. The molecule has 2 amide bonds. The highest BCUT2D eigenvalue weighted by molar-refractivity contribution is 7.89. The highest BCUT2D eigenvalue weighted by Gasteiger charge is 2.21. The summed E-state index contributed by atoms with van der Waals surface area (Å²) in [7, 11) is -3.49. The second-order valence-corrected chi connectivity index (χ2v) is 9.24. The molecule has 0 radical (unpaired) electrons. The topological polar surface area (TPSA) is 87.7 Å². The van der Waals surface area contributed by atoms with Crippen molar-refractivity contribution in [2.75, 3.05) is 26.2 Å². The molecule has 0 heterocycles. The van der Waals surface area contributed by atoms with Crippen LogP contribution in [0.1, 0.15) is 44.4 Å². The minimum atomic E-state index is -3.49. The molecule has 2 N–H and O–H groups in total. The number of aryl methyl sites for hydroxylation is 1. The Kier molecular flexibility index (Phi) is 9.33. The molecule has 0 aromatic heterocycles. The average molecular weight is 448 g/mol. The van der Waals surface area contributed by atoms with Crippen LogP contribution in [0.5, 0.6) is 5.75 Å². The number of benzene rings is 2. The van der Waals surface area contributed by atoms with E-state index in [-0.39, 0.29) is 17.0 Å². The van der Waals surface area contributed by atoms with Crippen LogP contribution in [0, 0.1) is 6.92 Å². The van der Waals surface area contributed by atoms with Crippen molar-refractivity contribution >= 4 is 16.1 Å². The maximum Gasteiger partial charge on any atom is 0.315 e. The van der Waals surface area contributed by atoms with Crippen LogP contribution in [-0.2, 0) is 10.0 Å². The molecule has 0 saturated carbocycles. The first-order valence-corrected chi connectivity index (χ1v) is 12.1. The van der Waals surface area contributed by atoms with E-state index in [0.29, 0.717) is 32.7 Å². The van der Waals surface area contributed by atoms with E-state index in [0.717, 1.165) is 16.9 Å². The molecule has 1 atom stereocenters. The number of rotatable bonds is 11. The van der Waals surface area contributed by atoms with Crippen LogP contribution < -0.4 is 15.4 Å². The summed E-state index contributed by atoms with van der Waals surface area (Å²) in [4.78, 5) is 12.4. The van der Waals surface area contributed by atoms with E-state index < -0.39 is 10.0 Å². The fraction of sp³-hybridized carbons (Fsp3) is 0.435. The SMILES string of the molecule is CCN(CC)S(=O)(=O)c1ccc(C(C)NC(=O)NCCCOc2cccc(C)c2)cc1. The van der Waals surface area contributed by atoms with Gasteiger partial charge in [-0.3, -0.25) is 0 Å². The van der Waals surface area contributed by atoms with Crippen LogP contribution in [0.3, 0.4) is 0 Å². The van der Waals surface area contributed by atoms with Gasteiger partial charge in [0.05, 0.1) is 17.5 Å². The average Bonchev–Trinajstić information content (AvgIpc) is 2.74. The van der Waals surface area contributed by atoms with Crippen LogP contribution in [0.4, 0.5) is 4.79 Å². The quantitative estimate of drug-likeness (QED) is 0.512. The van der Waals surface area contributed by atoms with Crippen molar-refractivity contribution in [3.05, 3.63) is 59.7 Å². The number of carbonyl (C=O) groups is 1. The van der Waals surface area contributed by atoms with E-state index in [1.807, 2.05) is 52.0 Å².